The van der Waals surface area contributed by atoms with E-state index in [9.17, 15) is 0 Å². The third-order valence-electron chi connectivity index (χ3n) is 3.09. The average molecular weight is 301 g/mol. The number of hydrogen-bond donors (Lipinski definition) is 1. The number of rotatable bonds is 10. The minimum absolute atomic E-state index is 0.703. The van der Waals surface area contributed by atoms with Crippen LogP contribution >= 0.6 is 11.6 Å². The first-order valence-electron chi connectivity index (χ1n) is 6.88. The van der Waals surface area contributed by atoms with E-state index in [1.54, 1.807) is 14.2 Å². The molecule has 0 spiro atoms. The monoisotopic (exact) mass is 300 g/mol. The molecule has 1 rings (SSSR count). The van der Waals surface area contributed by atoms with Gasteiger partial charge in [-0.2, -0.15) is 0 Å². The highest BCUT2D eigenvalue weighted by atomic mass is 35.5. The number of ether oxygens (including phenoxy) is 2. The summed E-state index contributed by atoms with van der Waals surface area (Å²) in [6, 6.07) is 6.03. The Bertz CT molecular complexity index is 388. The minimum Gasteiger partial charge on any atom is -0.385 e. The quantitative estimate of drug-likeness (QED) is 0.673. The van der Waals surface area contributed by atoms with E-state index in [0.29, 0.717) is 6.61 Å². The van der Waals surface area contributed by atoms with Gasteiger partial charge in [-0.25, -0.2) is 0 Å². The fourth-order valence-corrected chi connectivity index (χ4v) is 2.34. The van der Waals surface area contributed by atoms with Gasteiger partial charge in [-0.3, -0.25) is 0 Å². The van der Waals surface area contributed by atoms with E-state index in [1.165, 1.54) is 11.3 Å². The molecule has 0 amide bonds. The number of nitrogens with zero attached hydrogens (tertiary/aromatic N) is 1. The maximum absolute atomic E-state index is 6.10. The third-order valence-corrected chi connectivity index (χ3v) is 3.33. The summed E-state index contributed by atoms with van der Waals surface area (Å²) in [6.45, 7) is 4.06. The highest BCUT2D eigenvalue weighted by molar-refractivity contribution is 6.30. The van der Waals surface area contributed by atoms with Gasteiger partial charge in [-0.1, -0.05) is 11.6 Å². The van der Waals surface area contributed by atoms with Crippen molar-refractivity contribution in [1.82, 2.24) is 5.32 Å². The maximum atomic E-state index is 6.10. The lowest BCUT2D eigenvalue weighted by Gasteiger charge is -2.27. The molecule has 0 saturated heterocycles. The van der Waals surface area contributed by atoms with Crippen LogP contribution in [0.3, 0.4) is 0 Å². The van der Waals surface area contributed by atoms with Gasteiger partial charge in [0.1, 0.15) is 0 Å². The summed E-state index contributed by atoms with van der Waals surface area (Å²) in [4.78, 5) is 2.32. The number of nitrogens with one attached hydrogen (secondary N) is 1. The Morgan fingerprint density at radius 1 is 1.15 bits per heavy atom. The summed E-state index contributed by atoms with van der Waals surface area (Å²) in [6.07, 6.45) is 0.988. The molecule has 0 aliphatic rings. The van der Waals surface area contributed by atoms with Crippen LogP contribution in [0.2, 0.25) is 5.02 Å². The normalized spacial score (nSPS) is 10.8. The van der Waals surface area contributed by atoms with Crippen LogP contribution in [0.5, 0.6) is 0 Å². The van der Waals surface area contributed by atoms with E-state index in [1.807, 2.05) is 19.2 Å². The molecule has 0 bridgehead atoms. The molecule has 0 atom stereocenters. The van der Waals surface area contributed by atoms with E-state index < -0.39 is 0 Å². The van der Waals surface area contributed by atoms with Crippen LogP contribution in [0, 0.1) is 0 Å². The molecule has 1 aromatic rings. The highest BCUT2D eigenvalue weighted by Crippen LogP contribution is 2.24. The fraction of sp³-hybridized carbons (Fsp3) is 0.600. The molecule has 0 unspecified atom stereocenters. The van der Waals surface area contributed by atoms with Gasteiger partial charge in [0.15, 0.2) is 0 Å². The summed E-state index contributed by atoms with van der Waals surface area (Å²) in [5.41, 5.74) is 2.41. The number of hydrogen-bond acceptors (Lipinski definition) is 4. The number of halogens is 1. The van der Waals surface area contributed by atoms with E-state index in [0.717, 1.165) is 37.7 Å². The molecule has 0 radical (unpaired) electrons. The Kier molecular flexibility index (Phi) is 8.62. The number of anilines is 1. The van der Waals surface area contributed by atoms with Gasteiger partial charge < -0.3 is 19.7 Å². The first kappa shape index (κ1) is 17.2. The first-order valence-corrected chi connectivity index (χ1v) is 7.26. The van der Waals surface area contributed by atoms with Crippen LogP contribution in [0.15, 0.2) is 18.2 Å². The first-order chi connectivity index (χ1) is 9.72. The zero-order valence-corrected chi connectivity index (χ0v) is 13.4. The van der Waals surface area contributed by atoms with Crippen molar-refractivity contribution in [2.75, 3.05) is 52.5 Å². The van der Waals surface area contributed by atoms with Crippen molar-refractivity contribution >= 4 is 17.3 Å². The predicted octanol–water partition coefficient (Wildman–Crippen LogP) is 2.55. The van der Waals surface area contributed by atoms with Gasteiger partial charge >= 0.3 is 0 Å². The Hall–Kier alpha value is -0.810. The molecule has 0 heterocycles. The van der Waals surface area contributed by atoms with Gasteiger partial charge in [0.05, 0.1) is 6.61 Å². The molecule has 0 aliphatic heterocycles. The highest BCUT2D eigenvalue weighted by Gasteiger charge is 2.11. The molecule has 5 heteroatoms. The van der Waals surface area contributed by atoms with Crippen LogP contribution in [-0.2, 0) is 16.0 Å². The third kappa shape index (κ3) is 5.67. The topological polar surface area (TPSA) is 33.7 Å². The molecule has 0 aliphatic carbocycles. The van der Waals surface area contributed by atoms with Crippen molar-refractivity contribution in [2.24, 2.45) is 0 Å². The van der Waals surface area contributed by atoms with Crippen molar-refractivity contribution in [3.05, 3.63) is 28.8 Å². The van der Waals surface area contributed by atoms with Crippen LogP contribution in [0.1, 0.15) is 12.0 Å². The molecule has 114 valence electrons. The van der Waals surface area contributed by atoms with Gasteiger partial charge in [0, 0.05) is 51.2 Å². The van der Waals surface area contributed by atoms with Gasteiger partial charge in [0.2, 0.25) is 0 Å². The molecule has 0 fully saturated rings. The lowest BCUT2D eigenvalue weighted by atomic mass is 10.1. The molecular formula is C15H25ClN2O2. The summed E-state index contributed by atoms with van der Waals surface area (Å²) in [5, 5.41) is 3.95. The van der Waals surface area contributed by atoms with E-state index in [2.05, 4.69) is 16.3 Å². The summed E-state index contributed by atoms with van der Waals surface area (Å²) in [5.74, 6) is 0. The maximum Gasteiger partial charge on any atom is 0.0637 e. The van der Waals surface area contributed by atoms with E-state index >= 15 is 0 Å². The molecule has 0 saturated carbocycles. The minimum atomic E-state index is 0.703. The second kappa shape index (κ2) is 10.00. The molecule has 4 nitrogen and oxygen atoms in total. The van der Waals surface area contributed by atoms with Crippen LogP contribution in [0.4, 0.5) is 5.69 Å². The van der Waals surface area contributed by atoms with Crippen LogP contribution in [-0.4, -0.2) is 47.6 Å². The van der Waals surface area contributed by atoms with Crippen molar-refractivity contribution in [3.63, 3.8) is 0 Å². The molecular weight excluding hydrogens is 276 g/mol. The SMILES string of the molecule is CNCc1cc(Cl)ccc1N(CCCOC)CCOC. The molecule has 20 heavy (non-hydrogen) atoms. The molecule has 1 aromatic carbocycles. The van der Waals surface area contributed by atoms with Crippen molar-refractivity contribution in [2.45, 2.75) is 13.0 Å². The second-order valence-corrected chi connectivity index (χ2v) is 5.07. The number of benzene rings is 1. The van der Waals surface area contributed by atoms with Gasteiger partial charge in [-0.05, 0) is 37.2 Å². The van der Waals surface area contributed by atoms with Crippen LogP contribution < -0.4 is 10.2 Å². The fourth-order valence-electron chi connectivity index (χ4n) is 2.15. The number of methoxy groups -OCH3 is 2. The summed E-state index contributed by atoms with van der Waals surface area (Å²) >= 11 is 6.10. The van der Waals surface area contributed by atoms with Crippen molar-refractivity contribution < 1.29 is 9.47 Å². The Balaban J connectivity index is 2.86. The van der Waals surface area contributed by atoms with E-state index in [-0.39, 0.29) is 0 Å². The van der Waals surface area contributed by atoms with Crippen molar-refractivity contribution in [3.8, 4) is 0 Å². The second-order valence-electron chi connectivity index (χ2n) is 4.63. The summed E-state index contributed by atoms with van der Waals surface area (Å²) in [7, 11) is 5.40. The lowest BCUT2D eigenvalue weighted by molar-refractivity contribution is 0.191. The predicted molar refractivity (Wildman–Crippen MR) is 84.8 cm³/mol. The van der Waals surface area contributed by atoms with Gasteiger partial charge in [-0.15, -0.1) is 0 Å². The Morgan fingerprint density at radius 2 is 1.90 bits per heavy atom. The van der Waals surface area contributed by atoms with Crippen LogP contribution in [0.25, 0.3) is 0 Å². The molecule has 1 N–H and O–H groups in total. The average Bonchev–Trinajstić information content (AvgIpc) is 2.44. The zero-order valence-electron chi connectivity index (χ0n) is 12.6. The zero-order chi connectivity index (χ0) is 14.8. The summed E-state index contributed by atoms with van der Waals surface area (Å²) < 4.78 is 10.3. The van der Waals surface area contributed by atoms with Gasteiger partial charge in [0.25, 0.3) is 0 Å². The Labute approximate surface area is 127 Å². The standard InChI is InChI=1S/C15H25ClN2O2/c1-17-12-13-11-14(16)5-6-15(13)18(8-10-20-3)7-4-9-19-2/h5-6,11,17H,4,7-10,12H2,1-3H3. The lowest BCUT2D eigenvalue weighted by Crippen LogP contribution is -2.30. The Morgan fingerprint density at radius 3 is 2.55 bits per heavy atom. The molecule has 0 aromatic heterocycles. The smallest absolute Gasteiger partial charge is 0.0637 e. The largest absolute Gasteiger partial charge is 0.385 e. The van der Waals surface area contributed by atoms with E-state index in [4.69, 9.17) is 21.1 Å². The van der Waals surface area contributed by atoms with Crippen molar-refractivity contribution in [1.29, 1.82) is 0 Å².